The van der Waals surface area contributed by atoms with E-state index in [2.05, 4.69) is 0 Å². The Bertz CT molecular complexity index is 742. The van der Waals surface area contributed by atoms with Crippen LogP contribution in [0.4, 0.5) is 4.79 Å². The minimum absolute atomic E-state index is 0.112. The van der Waals surface area contributed by atoms with Crippen LogP contribution in [0.2, 0.25) is 5.02 Å². The second-order valence-electron chi connectivity index (χ2n) is 6.85. The van der Waals surface area contributed by atoms with E-state index >= 15 is 0 Å². The first-order chi connectivity index (χ1) is 12.9. The van der Waals surface area contributed by atoms with Crippen molar-refractivity contribution in [3.8, 4) is 11.5 Å². The third kappa shape index (κ3) is 4.86. The summed E-state index contributed by atoms with van der Waals surface area (Å²) >= 11 is 6.15. The summed E-state index contributed by atoms with van der Waals surface area (Å²) in [6.45, 7) is 6.40. The largest absolute Gasteiger partial charge is 0.454 e. The lowest BCUT2D eigenvalue weighted by molar-refractivity contribution is -0.127. The van der Waals surface area contributed by atoms with E-state index in [1.807, 2.05) is 13.8 Å². The molecule has 0 saturated carbocycles. The minimum atomic E-state index is -0.318. The maximum absolute atomic E-state index is 12.4. The number of fused-ring (bicyclic) bond motifs is 1. The van der Waals surface area contributed by atoms with Gasteiger partial charge in [0.05, 0.1) is 11.6 Å². The van der Waals surface area contributed by atoms with Crippen molar-refractivity contribution in [2.45, 2.75) is 13.8 Å². The molecule has 2 heterocycles. The molecule has 1 fully saturated rings. The van der Waals surface area contributed by atoms with E-state index in [-0.39, 0.29) is 18.8 Å². The standard InChI is InChI=1S/C19H23ClN2O5/c1-13(2)11-25-19(24)22-7-5-21(6-8-22)17(23)4-3-14-9-15(20)18-16(10-14)26-12-27-18/h3-4,9-10,13H,5-8,11-12H2,1-2H3/b4-3+. The van der Waals surface area contributed by atoms with Gasteiger partial charge < -0.3 is 24.0 Å². The molecule has 146 valence electrons. The Morgan fingerprint density at radius 3 is 2.59 bits per heavy atom. The van der Waals surface area contributed by atoms with Crippen LogP contribution in [0.3, 0.4) is 0 Å². The molecule has 0 aliphatic carbocycles. The van der Waals surface area contributed by atoms with Crippen molar-refractivity contribution in [3.63, 3.8) is 0 Å². The zero-order valence-electron chi connectivity index (χ0n) is 15.4. The Labute approximate surface area is 163 Å². The van der Waals surface area contributed by atoms with Crippen LogP contribution in [0.25, 0.3) is 6.08 Å². The molecule has 27 heavy (non-hydrogen) atoms. The average molecular weight is 395 g/mol. The third-order valence-corrected chi connectivity index (χ3v) is 4.54. The monoisotopic (exact) mass is 394 g/mol. The fourth-order valence-corrected chi connectivity index (χ4v) is 3.07. The molecular formula is C19H23ClN2O5. The number of carbonyl (C=O) groups excluding carboxylic acids is 2. The molecule has 1 aromatic carbocycles. The van der Waals surface area contributed by atoms with Crippen molar-refractivity contribution >= 4 is 29.7 Å². The van der Waals surface area contributed by atoms with Gasteiger partial charge in [0.25, 0.3) is 0 Å². The molecule has 8 heteroatoms. The first-order valence-corrected chi connectivity index (χ1v) is 9.29. The van der Waals surface area contributed by atoms with Crippen molar-refractivity contribution in [1.82, 2.24) is 9.80 Å². The SMILES string of the molecule is CC(C)COC(=O)N1CCN(C(=O)/C=C/c2cc(Cl)c3c(c2)OCO3)CC1. The molecule has 0 atom stereocenters. The van der Waals surface area contributed by atoms with Crippen LogP contribution in [0, 0.1) is 5.92 Å². The second kappa shape index (κ2) is 8.52. The van der Waals surface area contributed by atoms with Gasteiger partial charge >= 0.3 is 6.09 Å². The highest BCUT2D eigenvalue weighted by Crippen LogP contribution is 2.40. The fourth-order valence-electron chi connectivity index (χ4n) is 2.80. The number of hydrogen-bond acceptors (Lipinski definition) is 5. The Kier molecular flexibility index (Phi) is 6.11. The molecule has 0 radical (unpaired) electrons. The quantitative estimate of drug-likeness (QED) is 0.734. The van der Waals surface area contributed by atoms with Gasteiger partial charge in [-0.05, 0) is 29.7 Å². The predicted molar refractivity (Wildman–Crippen MR) is 101 cm³/mol. The van der Waals surface area contributed by atoms with E-state index < -0.39 is 0 Å². The van der Waals surface area contributed by atoms with Gasteiger partial charge in [0, 0.05) is 32.3 Å². The van der Waals surface area contributed by atoms with Gasteiger partial charge in [-0.25, -0.2) is 4.79 Å². The van der Waals surface area contributed by atoms with Crippen LogP contribution in [0.15, 0.2) is 18.2 Å². The maximum atomic E-state index is 12.4. The molecule has 1 saturated heterocycles. The molecule has 1 aromatic rings. The summed E-state index contributed by atoms with van der Waals surface area (Å²) < 4.78 is 15.8. The number of piperazine rings is 1. The molecule has 2 aliphatic heterocycles. The van der Waals surface area contributed by atoms with Crippen molar-refractivity contribution in [2.24, 2.45) is 5.92 Å². The predicted octanol–water partition coefficient (Wildman–Crippen LogP) is 3.02. The lowest BCUT2D eigenvalue weighted by Gasteiger charge is -2.33. The van der Waals surface area contributed by atoms with Crippen molar-refractivity contribution < 1.29 is 23.8 Å². The first-order valence-electron chi connectivity index (χ1n) is 8.92. The first kappa shape index (κ1) is 19.4. The van der Waals surface area contributed by atoms with Gasteiger partial charge in [0.1, 0.15) is 0 Å². The van der Waals surface area contributed by atoms with E-state index in [4.69, 9.17) is 25.8 Å². The van der Waals surface area contributed by atoms with Crippen LogP contribution in [0.5, 0.6) is 11.5 Å². The lowest BCUT2D eigenvalue weighted by atomic mass is 10.2. The summed E-state index contributed by atoms with van der Waals surface area (Å²) in [7, 11) is 0. The van der Waals surface area contributed by atoms with Crippen LogP contribution in [-0.2, 0) is 9.53 Å². The number of benzene rings is 1. The number of halogens is 1. The number of carbonyl (C=O) groups is 2. The van der Waals surface area contributed by atoms with E-state index in [9.17, 15) is 9.59 Å². The van der Waals surface area contributed by atoms with E-state index in [1.165, 1.54) is 6.08 Å². The van der Waals surface area contributed by atoms with Crippen LogP contribution in [-0.4, -0.2) is 61.4 Å². The number of nitrogens with zero attached hydrogens (tertiary/aromatic N) is 2. The second-order valence-corrected chi connectivity index (χ2v) is 7.26. The molecule has 0 spiro atoms. The molecular weight excluding hydrogens is 372 g/mol. The number of rotatable bonds is 4. The maximum Gasteiger partial charge on any atom is 0.409 e. The molecule has 0 N–H and O–H groups in total. The molecule has 2 aliphatic rings. The molecule has 0 unspecified atom stereocenters. The smallest absolute Gasteiger partial charge is 0.409 e. The van der Waals surface area contributed by atoms with Gasteiger partial charge in [0.15, 0.2) is 11.5 Å². The van der Waals surface area contributed by atoms with Gasteiger partial charge in [-0.15, -0.1) is 0 Å². The zero-order valence-corrected chi connectivity index (χ0v) is 16.2. The van der Waals surface area contributed by atoms with E-state index in [1.54, 1.807) is 28.0 Å². The van der Waals surface area contributed by atoms with Crippen molar-refractivity contribution in [1.29, 1.82) is 0 Å². The topological polar surface area (TPSA) is 68.3 Å². The zero-order chi connectivity index (χ0) is 19.4. The Morgan fingerprint density at radius 2 is 1.89 bits per heavy atom. The third-order valence-electron chi connectivity index (χ3n) is 4.26. The Hall–Kier alpha value is -2.41. The van der Waals surface area contributed by atoms with Gasteiger partial charge in [-0.1, -0.05) is 25.4 Å². The average Bonchev–Trinajstić information content (AvgIpc) is 3.13. The van der Waals surface area contributed by atoms with Crippen LogP contribution >= 0.6 is 11.6 Å². The summed E-state index contributed by atoms with van der Waals surface area (Å²) in [5.74, 6) is 1.29. The number of amides is 2. The highest BCUT2D eigenvalue weighted by atomic mass is 35.5. The minimum Gasteiger partial charge on any atom is -0.454 e. The Balaban J connectivity index is 1.52. The normalized spacial score (nSPS) is 16.3. The summed E-state index contributed by atoms with van der Waals surface area (Å²) in [4.78, 5) is 27.7. The van der Waals surface area contributed by atoms with Crippen LogP contribution < -0.4 is 9.47 Å². The number of hydrogen-bond donors (Lipinski definition) is 0. The summed E-state index contributed by atoms with van der Waals surface area (Å²) in [6, 6.07) is 3.50. The Morgan fingerprint density at radius 1 is 1.19 bits per heavy atom. The highest BCUT2D eigenvalue weighted by molar-refractivity contribution is 6.32. The molecule has 2 amide bonds. The van der Waals surface area contributed by atoms with E-state index in [0.29, 0.717) is 55.2 Å². The fraction of sp³-hybridized carbons (Fsp3) is 0.474. The molecule has 3 rings (SSSR count). The molecule has 0 aromatic heterocycles. The number of ether oxygens (including phenoxy) is 3. The molecule has 7 nitrogen and oxygen atoms in total. The highest BCUT2D eigenvalue weighted by Gasteiger charge is 2.24. The lowest BCUT2D eigenvalue weighted by Crippen LogP contribution is -2.50. The van der Waals surface area contributed by atoms with Crippen molar-refractivity contribution in [3.05, 3.63) is 28.8 Å². The van der Waals surface area contributed by atoms with Gasteiger partial charge in [0.2, 0.25) is 12.7 Å². The van der Waals surface area contributed by atoms with Gasteiger partial charge in [-0.3, -0.25) is 4.79 Å². The van der Waals surface area contributed by atoms with E-state index in [0.717, 1.165) is 5.56 Å². The summed E-state index contributed by atoms with van der Waals surface area (Å²) in [5.41, 5.74) is 0.758. The van der Waals surface area contributed by atoms with Crippen LogP contribution in [0.1, 0.15) is 19.4 Å². The van der Waals surface area contributed by atoms with Gasteiger partial charge in [-0.2, -0.15) is 0 Å². The molecule has 0 bridgehead atoms. The summed E-state index contributed by atoms with van der Waals surface area (Å²) in [6.07, 6.45) is 2.88. The summed E-state index contributed by atoms with van der Waals surface area (Å²) in [5, 5.41) is 0.450. The van der Waals surface area contributed by atoms with Crippen molar-refractivity contribution in [2.75, 3.05) is 39.6 Å².